The minimum absolute atomic E-state index is 0.126. The molecule has 0 saturated heterocycles. The van der Waals surface area contributed by atoms with Crippen LogP contribution in [0.15, 0.2) is 43.0 Å². The molecular formula is C23H22F3N3O6S. The molecule has 36 heavy (non-hydrogen) atoms. The maximum absolute atomic E-state index is 12.5. The van der Waals surface area contributed by atoms with Gasteiger partial charge in [0, 0.05) is 23.4 Å². The molecule has 0 spiro atoms. The van der Waals surface area contributed by atoms with E-state index in [1.165, 1.54) is 30.3 Å². The Kier molecular flexibility index (Phi) is 9.50. The lowest BCUT2D eigenvalue weighted by Crippen LogP contribution is -2.39. The molecule has 0 aliphatic rings. The summed E-state index contributed by atoms with van der Waals surface area (Å²) in [4.78, 5) is 49.4. The van der Waals surface area contributed by atoms with Gasteiger partial charge in [0.05, 0.1) is 0 Å². The van der Waals surface area contributed by atoms with Crippen LogP contribution >= 0.6 is 11.3 Å². The van der Waals surface area contributed by atoms with Gasteiger partial charge in [0.2, 0.25) is 5.91 Å². The zero-order chi connectivity index (χ0) is 27.0. The average Bonchev–Trinajstić information content (AvgIpc) is 3.17. The van der Waals surface area contributed by atoms with E-state index in [1.807, 2.05) is 0 Å². The van der Waals surface area contributed by atoms with E-state index in [-0.39, 0.29) is 35.8 Å². The van der Waals surface area contributed by atoms with Crippen LogP contribution in [0.25, 0.3) is 0 Å². The summed E-state index contributed by atoms with van der Waals surface area (Å²) in [6.45, 7) is 4.15. The zero-order valence-corrected chi connectivity index (χ0v) is 19.8. The van der Waals surface area contributed by atoms with Gasteiger partial charge < -0.3 is 20.1 Å². The van der Waals surface area contributed by atoms with Crippen LogP contribution in [0, 0.1) is 12.3 Å². The number of esters is 3. The predicted octanol–water partition coefficient (Wildman–Crippen LogP) is 3.14. The monoisotopic (exact) mass is 525 g/mol. The molecular weight excluding hydrogens is 503 g/mol. The molecule has 0 aliphatic heterocycles. The van der Waals surface area contributed by atoms with Crippen LogP contribution in [0.1, 0.15) is 32.1 Å². The molecule has 0 radical (unpaired) electrons. The third-order valence-electron chi connectivity index (χ3n) is 4.62. The SMILES string of the molecule is C=CCN(CC(=O)OC(=O)C(F)(F)F)C(=O)CCc1sc(C(=O)Oc2ccc(C(=N)N)cc2)cc1C. The fourth-order valence-electron chi connectivity index (χ4n) is 2.87. The second-order valence-electron chi connectivity index (χ2n) is 7.37. The van der Waals surface area contributed by atoms with Gasteiger partial charge in [-0.2, -0.15) is 13.2 Å². The van der Waals surface area contributed by atoms with Crippen molar-refractivity contribution in [1.29, 1.82) is 5.41 Å². The third kappa shape index (κ3) is 8.05. The molecule has 13 heteroatoms. The number of ether oxygens (including phenoxy) is 2. The first-order valence-corrected chi connectivity index (χ1v) is 11.1. The average molecular weight is 526 g/mol. The zero-order valence-electron chi connectivity index (χ0n) is 19.0. The first-order chi connectivity index (χ1) is 16.8. The standard InChI is InChI=1S/C23H22F3N3O6S/c1-3-10-29(12-19(31)35-22(33)23(24,25)26)18(30)9-8-16-13(2)11-17(36-16)21(32)34-15-6-4-14(5-7-15)20(27)28/h3-7,11H,1,8-10,12H2,2H3,(H3,27,28). The molecule has 1 aromatic carbocycles. The van der Waals surface area contributed by atoms with Crippen LogP contribution in [0.5, 0.6) is 5.75 Å². The molecule has 0 atom stereocenters. The lowest BCUT2D eigenvalue weighted by molar-refractivity contribution is -0.202. The summed E-state index contributed by atoms with van der Waals surface area (Å²) < 4.78 is 45.8. The third-order valence-corrected chi connectivity index (χ3v) is 5.90. The number of aryl methyl sites for hydroxylation is 2. The number of thiophene rings is 1. The van der Waals surface area contributed by atoms with Gasteiger partial charge in [-0.3, -0.25) is 10.2 Å². The molecule has 192 valence electrons. The van der Waals surface area contributed by atoms with Crippen molar-refractivity contribution in [3.8, 4) is 5.75 Å². The van der Waals surface area contributed by atoms with E-state index in [2.05, 4.69) is 11.3 Å². The van der Waals surface area contributed by atoms with Gasteiger partial charge >= 0.3 is 24.1 Å². The van der Waals surface area contributed by atoms with Crippen molar-refractivity contribution in [3.05, 3.63) is 63.9 Å². The van der Waals surface area contributed by atoms with Gasteiger partial charge in [-0.15, -0.1) is 17.9 Å². The summed E-state index contributed by atoms with van der Waals surface area (Å²) in [5.41, 5.74) is 6.58. The summed E-state index contributed by atoms with van der Waals surface area (Å²) in [6.07, 6.45) is -4.02. The van der Waals surface area contributed by atoms with Crippen molar-refractivity contribution < 1.29 is 41.8 Å². The van der Waals surface area contributed by atoms with Crippen LogP contribution < -0.4 is 10.5 Å². The van der Waals surface area contributed by atoms with E-state index in [9.17, 15) is 32.3 Å². The van der Waals surface area contributed by atoms with E-state index in [0.29, 0.717) is 10.4 Å². The Labute approximate surface area is 207 Å². The number of rotatable bonds is 10. The number of alkyl halides is 3. The highest BCUT2D eigenvalue weighted by Crippen LogP contribution is 2.25. The maximum Gasteiger partial charge on any atom is 0.491 e. The Morgan fingerprint density at radius 1 is 1.19 bits per heavy atom. The summed E-state index contributed by atoms with van der Waals surface area (Å²) in [6, 6.07) is 7.65. The number of hydrogen-bond donors (Lipinski definition) is 2. The van der Waals surface area contributed by atoms with E-state index < -0.39 is 36.5 Å². The molecule has 1 amide bonds. The maximum atomic E-state index is 12.5. The number of halogens is 3. The Morgan fingerprint density at radius 2 is 1.83 bits per heavy atom. The molecule has 3 N–H and O–H groups in total. The highest BCUT2D eigenvalue weighted by molar-refractivity contribution is 7.14. The highest BCUT2D eigenvalue weighted by atomic mass is 32.1. The van der Waals surface area contributed by atoms with Crippen LogP contribution in [-0.2, 0) is 25.5 Å². The number of nitrogen functional groups attached to an aromatic ring is 1. The molecule has 2 aromatic rings. The smallest absolute Gasteiger partial charge is 0.422 e. The summed E-state index contributed by atoms with van der Waals surface area (Å²) in [5, 5.41) is 7.37. The molecule has 1 heterocycles. The Bertz CT molecular complexity index is 1170. The first kappa shape index (κ1) is 28.2. The van der Waals surface area contributed by atoms with Gasteiger partial charge in [-0.25, -0.2) is 14.4 Å². The Morgan fingerprint density at radius 3 is 2.39 bits per heavy atom. The minimum atomic E-state index is -5.34. The summed E-state index contributed by atoms with van der Waals surface area (Å²) in [5.74, 6) is -5.28. The lowest BCUT2D eigenvalue weighted by atomic mass is 10.1. The van der Waals surface area contributed by atoms with Gasteiger partial charge in [0.15, 0.2) is 0 Å². The molecule has 0 saturated carbocycles. The summed E-state index contributed by atoms with van der Waals surface area (Å²) >= 11 is 1.11. The molecule has 1 aromatic heterocycles. The number of nitrogens with one attached hydrogen (secondary N) is 1. The number of benzene rings is 1. The van der Waals surface area contributed by atoms with Crippen molar-refractivity contribution >= 4 is 41.0 Å². The summed E-state index contributed by atoms with van der Waals surface area (Å²) in [7, 11) is 0. The normalized spacial score (nSPS) is 10.9. The number of nitrogens with zero attached hydrogens (tertiary/aromatic N) is 1. The number of carbonyl (C=O) groups excluding carboxylic acids is 4. The second kappa shape index (κ2) is 12.1. The number of amides is 1. The quantitative estimate of drug-likeness (QED) is 0.121. The van der Waals surface area contributed by atoms with Crippen molar-refractivity contribution in [2.24, 2.45) is 5.73 Å². The van der Waals surface area contributed by atoms with Gasteiger partial charge in [0.1, 0.15) is 23.0 Å². The van der Waals surface area contributed by atoms with E-state index in [4.69, 9.17) is 15.9 Å². The van der Waals surface area contributed by atoms with Crippen LogP contribution in [0.2, 0.25) is 0 Å². The van der Waals surface area contributed by atoms with Gasteiger partial charge in [-0.05, 0) is 49.2 Å². The minimum Gasteiger partial charge on any atom is -0.422 e. The second-order valence-corrected chi connectivity index (χ2v) is 8.50. The van der Waals surface area contributed by atoms with Crippen molar-refractivity contribution in [2.75, 3.05) is 13.1 Å². The fourth-order valence-corrected chi connectivity index (χ4v) is 3.92. The van der Waals surface area contributed by atoms with Crippen molar-refractivity contribution in [3.63, 3.8) is 0 Å². The largest absolute Gasteiger partial charge is 0.491 e. The molecule has 9 nitrogen and oxygen atoms in total. The molecule has 2 rings (SSSR count). The molecule has 0 fully saturated rings. The van der Waals surface area contributed by atoms with E-state index >= 15 is 0 Å². The highest BCUT2D eigenvalue weighted by Gasteiger charge is 2.42. The van der Waals surface area contributed by atoms with Crippen molar-refractivity contribution in [1.82, 2.24) is 4.90 Å². The fraction of sp³-hybridized carbons (Fsp3) is 0.261. The predicted molar refractivity (Wildman–Crippen MR) is 124 cm³/mol. The topological polar surface area (TPSA) is 140 Å². The number of carbonyl (C=O) groups is 4. The number of nitrogens with two attached hydrogens (primary N) is 1. The van der Waals surface area contributed by atoms with E-state index in [0.717, 1.165) is 21.8 Å². The van der Waals surface area contributed by atoms with Gasteiger partial charge in [-0.1, -0.05) is 6.08 Å². The van der Waals surface area contributed by atoms with Crippen LogP contribution in [-0.4, -0.2) is 53.8 Å². The Hall–Kier alpha value is -4.00. The molecule has 0 unspecified atom stereocenters. The molecule has 0 bridgehead atoms. The van der Waals surface area contributed by atoms with E-state index in [1.54, 1.807) is 13.0 Å². The lowest BCUT2D eigenvalue weighted by Gasteiger charge is -2.20. The first-order valence-electron chi connectivity index (χ1n) is 10.3. The Balaban J connectivity index is 1.98. The molecule has 0 aliphatic carbocycles. The number of hydrogen-bond acceptors (Lipinski definition) is 8. The number of amidine groups is 1. The van der Waals surface area contributed by atoms with Crippen LogP contribution in [0.3, 0.4) is 0 Å². The van der Waals surface area contributed by atoms with Gasteiger partial charge in [0.25, 0.3) is 0 Å². The van der Waals surface area contributed by atoms with Crippen LogP contribution in [0.4, 0.5) is 13.2 Å². The van der Waals surface area contributed by atoms with Crippen molar-refractivity contribution in [2.45, 2.75) is 25.9 Å².